The van der Waals surface area contributed by atoms with Crippen LogP contribution < -0.4 is 5.73 Å². The SMILES string of the molecule is CCC1CCC(=O)C(N)CCC1=O. The van der Waals surface area contributed by atoms with Crippen molar-refractivity contribution in [2.24, 2.45) is 11.7 Å². The Kier molecular flexibility index (Phi) is 3.60. The summed E-state index contributed by atoms with van der Waals surface area (Å²) in [5, 5.41) is 0. The molecular weight excluding hydrogens is 166 g/mol. The molecule has 0 radical (unpaired) electrons. The van der Waals surface area contributed by atoms with E-state index in [-0.39, 0.29) is 17.5 Å². The normalized spacial score (nSPS) is 31.2. The summed E-state index contributed by atoms with van der Waals surface area (Å²) in [7, 11) is 0. The van der Waals surface area contributed by atoms with Crippen LogP contribution in [0.15, 0.2) is 0 Å². The fraction of sp³-hybridized carbons (Fsp3) is 0.800. The molecule has 1 fully saturated rings. The zero-order valence-electron chi connectivity index (χ0n) is 8.08. The number of carbonyl (C=O) groups is 2. The maximum Gasteiger partial charge on any atom is 0.149 e. The molecule has 74 valence electrons. The predicted octanol–water partition coefficient (Wildman–Crippen LogP) is 1.05. The summed E-state index contributed by atoms with van der Waals surface area (Å²) in [4.78, 5) is 22.8. The monoisotopic (exact) mass is 183 g/mol. The summed E-state index contributed by atoms with van der Waals surface area (Å²) in [6.45, 7) is 1.99. The molecule has 0 heterocycles. The number of hydrogen-bond donors (Lipinski definition) is 1. The molecule has 1 aliphatic carbocycles. The lowest BCUT2D eigenvalue weighted by Gasteiger charge is -2.19. The highest BCUT2D eigenvalue weighted by Crippen LogP contribution is 2.19. The number of carbonyl (C=O) groups excluding carboxylic acids is 2. The standard InChI is InChI=1S/C10H17NO2/c1-2-7-3-5-10(13)8(11)4-6-9(7)12/h7-8H,2-6,11H2,1H3. The number of rotatable bonds is 1. The fourth-order valence-corrected chi connectivity index (χ4v) is 1.76. The maximum absolute atomic E-state index is 11.5. The third-order valence-corrected chi connectivity index (χ3v) is 2.80. The van der Waals surface area contributed by atoms with Crippen LogP contribution in [0.25, 0.3) is 0 Å². The van der Waals surface area contributed by atoms with E-state index in [1.807, 2.05) is 6.92 Å². The molecule has 0 aliphatic heterocycles. The summed E-state index contributed by atoms with van der Waals surface area (Å²) in [6.07, 6.45) is 3.04. The zero-order valence-corrected chi connectivity index (χ0v) is 8.08. The van der Waals surface area contributed by atoms with E-state index in [1.54, 1.807) is 0 Å². The minimum absolute atomic E-state index is 0.0939. The Labute approximate surface area is 78.7 Å². The Bertz CT molecular complexity index is 213. The second-order valence-corrected chi connectivity index (χ2v) is 3.72. The third kappa shape index (κ3) is 2.62. The summed E-state index contributed by atoms with van der Waals surface area (Å²) in [5.74, 6) is 0.493. The molecule has 2 atom stereocenters. The van der Waals surface area contributed by atoms with E-state index >= 15 is 0 Å². The van der Waals surface area contributed by atoms with Gasteiger partial charge in [0.05, 0.1) is 6.04 Å². The van der Waals surface area contributed by atoms with Gasteiger partial charge in [0.1, 0.15) is 11.6 Å². The van der Waals surface area contributed by atoms with Crippen molar-refractivity contribution in [2.75, 3.05) is 0 Å². The Morgan fingerprint density at radius 3 is 2.46 bits per heavy atom. The van der Waals surface area contributed by atoms with Crippen molar-refractivity contribution < 1.29 is 9.59 Å². The van der Waals surface area contributed by atoms with Crippen LogP contribution >= 0.6 is 0 Å². The van der Waals surface area contributed by atoms with E-state index < -0.39 is 6.04 Å². The van der Waals surface area contributed by atoms with Crippen molar-refractivity contribution in [1.82, 2.24) is 0 Å². The van der Waals surface area contributed by atoms with Gasteiger partial charge in [-0.2, -0.15) is 0 Å². The number of Topliss-reactive ketones (excluding diaryl/α,β-unsaturated/α-hetero) is 2. The van der Waals surface area contributed by atoms with Crippen LogP contribution in [-0.2, 0) is 9.59 Å². The van der Waals surface area contributed by atoms with Gasteiger partial charge >= 0.3 is 0 Å². The predicted molar refractivity (Wildman–Crippen MR) is 50.2 cm³/mol. The van der Waals surface area contributed by atoms with Crippen LogP contribution in [0, 0.1) is 5.92 Å². The van der Waals surface area contributed by atoms with Gasteiger partial charge < -0.3 is 5.73 Å². The van der Waals surface area contributed by atoms with Crippen LogP contribution in [-0.4, -0.2) is 17.6 Å². The van der Waals surface area contributed by atoms with E-state index in [0.717, 1.165) is 6.42 Å². The van der Waals surface area contributed by atoms with Crippen LogP contribution in [0.1, 0.15) is 39.0 Å². The quantitative estimate of drug-likeness (QED) is 0.661. The van der Waals surface area contributed by atoms with Gasteiger partial charge in [-0.1, -0.05) is 6.92 Å². The fourth-order valence-electron chi connectivity index (χ4n) is 1.76. The largest absolute Gasteiger partial charge is 0.321 e. The van der Waals surface area contributed by atoms with Crippen LogP contribution in [0.3, 0.4) is 0 Å². The molecule has 0 bridgehead atoms. The number of ketones is 2. The van der Waals surface area contributed by atoms with Gasteiger partial charge in [-0.3, -0.25) is 9.59 Å². The van der Waals surface area contributed by atoms with Crippen molar-refractivity contribution in [3.05, 3.63) is 0 Å². The third-order valence-electron chi connectivity index (χ3n) is 2.80. The van der Waals surface area contributed by atoms with E-state index in [9.17, 15) is 9.59 Å². The van der Waals surface area contributed by atoms with Gasteiger partial charge in [0.2, 0.25) is 0 Å². The molecule has 0 spiro atoms. The summed E-state index contributed by atoms with van der Waals surface area (Å²) < 4.78 is 0. The minimum Gasteiger partial charge on any atom is -0.321 e. The van der Waals surface area contributed by atoms with E-state index in [4.69, 9.17) is 5.73 Å². The number of hydrogen-bond acceptors (Lipinski definition) is 3. The molecule has 1 saturated carbocycles. The van der Waals surface area contributed by atoms with Crippen LogP contribution in [0.2, 0.25) is 0 Å². The molecule has 3 nitrogen and oxygen atoms in total. The highest BCUT2D eigenvalue weighted by atomic mass is 16.1. The first-order valence-electron chi connectivity index (χ1n) is 4.96. The summed E-state index contributed by atoms with van der Waals surface area (Å²) in [6, 6.07) is -0.401. The molecule has 0 saturated heterocycles. The average Bonchev–Trinajstić information content (AvgIpc) is 2.13. The first kappa shape index (κ1) is 10.4. The minimum atomic E-state index is -0.401. The zero-order chi connectivity index (χ0) is 9.84. The van der Waals surface area contributed by atoms with Crippen molar-refractivity contribution in [3.8, 4) is 0 Å². The van der Waals surface area contributed by atoms with Crippen LogP contribution in [0.5, 0.6) is 0 Å². The summed E-state index contributed by atoms with van der Waals surface area (Å²) in [5.41, 5.74) is 5.60. The van der Waals surface area contributed by atoms with Crippen LogP contribution in [0.4, 0.5) is 0 Å². The van der Waals surface area contributed by atoms with Gasteiger partial charge in [-0.25, -0.2) is 0 Å². The van der Waals surface area contributed by atoms with E-state index in [1.165, 1.54) is 0 Å². The number of nitrogens with two attached hydrogens (primary N) is 1. The molecular formula is C10H17NO2. The van der Waals surface area contributed by atoms with Gasteiger partial charge in [-0.05, 0) is 19.3 Å². The Morgan fingerprint density at radius 2 is 1.85 bits per heavy atom. The first-order valence-corrected chi connectivity index (χ1v) is 4.96. The van der Waals surface area contributed by atoms with Gasteiger partial charge in [0.25, 0.3) is 0 Å². The van der Waals surface area contributed by atoms with Crippen molar-refractivity contribution in [2.45, 2.75) is 45.1 Å². The Balaban J connectivity index is 2.58. The Morgan fingerprint density at radius 1 is 1.23 bits per heavy atom. The second-order valence-electron chi connectivity index (χ2n) is 3.72. The van der Waals surface area contributed by atoms with Gasteiger partial charge in [0, 0.05) is 18.8 Å². The Hall–Kier alpha value is -0.700. The molecule has 2 unspecified atom stereocenters. The molecule has 13 heavy (non-hydrogen) atoms. The van der Waals surface area contributed by atoms with E-state index in [2.05, 4.69) is 0 Å². The molecule has 2 N–H and O–H groups in total. The molecule has 1 aliphatic rings. The van der Waals surface area contributed by atoms with Gasteiger partial charge in [-0.15, -0.1) is 0 Å². The second kappa shape index (κ2) is 4.51. The average molecular weight is 183 g/mol. The molecule has 0 amide bonds. The molecule has 1 rings (SSSR count). The highest BCUT2D eigenvalue weighted by molar-refractivity contribution is 5.88. The summed E-state index contributed by atoms with van der Waals surface area (Å²) >= 11 is 0. The maximum atomic E-state index is 11.5. The van der Waals surface area contributed by atoms with E-state index in [0.29, 0.717) is 25.7 Å². The smallest absolute Gasteiger partial charge is 0.149 e. The lowest BCUT2D eigenvalue weighted by Crippen LogP contribution is -2.34. The van der Waals surface area contributed by atoms with Crippen molar-refractivity contribution in [1.29, 1.82) is 0 Å². The molecule has 3 heteroatoms. The topological polar surface area (TPSA) is 60.2 Å². The molecule has 0 aromatic heterocycles. The molecule has 0 aromatic carbocycles. The lowest BCUT2D eigenvalue weighted by atomic mass is 9.86. The highest BCUT2D eigenvalue weighted by Gasteiger charge is 2.24. The molecule has 0 aromatic rings. The van der Waals surface area contributed by atoms with Crippen molar-refractivity contribution in [3.63, 3.8) is 0 Å². The lowest BCUT2D eigenvalue weighted by molar-refractivity contribution is -0.126. The van der Waals surface area contributed by atoms with Crippen molar-refractivity contribution >= 4 is 11.6 Å². The first-order chi connectivity index (χ1) is 6.15. The van der Waals surface area contributed by atoms with Gasteiger partial charge in [0.15, 0.2) is 0 Å².